The van der Waals surface area contributed by atoms with Gasteiger partial charge in [0.1, 0.15) is 11.9 Å². The van der Waals surface area contributed by atoms with E-state index in [1.54, 1.807) is 0 Å². The number of ether oxygens (including phenoxy) is 1. The van der Waals surface area contributed by atoms with Crippen LogP contribution in [-0.2, 0) is 27.2 Å². The third-order valence-electron chi connectivity index (χ3n) is 6.52. The molecule has 2 rings (SSSR count). The predicted octanol–water partition coefficient (Wildman–Crippen LogP) is 4.67. The van der Waals surface area contributed by atoms with Gasteiger partial charge in [0.15, 0.2) is 0 Å². The maximum absolute atomic E-state index is 12.3. The molecule has 2 heterocycles. The Morgan fingerprint density at radius 3 is 2.57 bits per heavy atom. The Labute approximate surface area is 223 Å². The lowest BCUT2D eigenvalue weighted by atomic mass is 9.90. The summed E-state index contributed by atoms with van der Waals surface area (Å²) in [4.78, 5) is 31.2. The van der Waals surface area contributed by atoms with E-state index in [4.69, 9.17) is 9.72 Å². The molecule has 1 aliphatic rings. The number of nitrogens with zero attached hydrogens (tertiary/aromatic N) is 2. The number of carbonyl (C=O) groups excluding carboxylic acids is 1. The highest BCUT2D eigenvalue weighted by Gasteiger charge is 2.22. The summed E-state index contributed by atoms with van der Waals surface area (Å²) >= 11 is 0. The number of aryl methyl sites for hydroxylation is 2. The highest BCUT2D eigenvalue weighted by Crippen LogP contribution is 2.21. The van der Waals surface area contributed by atoms with Crippen LogP contribution in [0.15, 0.2) is 12.1 Å². The Morgan fingerprint density at radius 2 is 1.89 bits per heavy atom. The largest absolute Gasteiger partial charge is 0.480 e. The fraction of sp³-hybridized carbons (Fsp3) is 0.759. The molecule has 1 unspecified atom stereocenters. The van der Waals surface area contributed by atoms with Crippen LogP contribution in [0.4, 0.5) is 5.82 Å². The van der Waals surface area contributed by atoms with Gasteiger partial charge in [-0.1, -0.05) is 26.8 Å². The zero-order valence-corrected chi connectivity index (χ0v) is 24.0. The minimum absolute atomic E-state index is 0.0328. The molecule has 0 saturated heterocycles. The molecule has 0 aromatic carbocycles. The second kappa shape index (κ2) is 14.7. The van der Waals surface area contributed by atoms with Crippen molar-refractivity contribution in [1.29, 1.82) is 0 Å². The number of aromatic nitrogens is 1. The zero-order chi connectivity index (χ0) is 27.5. The van der Waals surface area contributed by atoms with Gasteiger partial charge in [-0.15, -0.1) is 0 Å². The number of pyridine rings is 1. The normalized spacial score (nSPS) is 14.7. The van der Waals surface area contributed by atoms with Gasteiger partial charge in [-0.25, -0.2) is 9.78 Å². The average molecular weight is 519 g/mol. The number of amides is 1. The molecule has 1 aromatic heterocycles. The third-order valence-corrected chi connectivity index (χ3v) is 6.52. The highest BCUT2D eigenvalue weighted by molar-refractivity contribution is 5.83. The molecule has 1 amide bonds. The van der Waals surface area contributed by atoms with Crippen molar-refractivity contribution in [1.82, 2.24) is 15.2 Å². The van der Waals surface area contributed by atoms with Crippen molar-refractivity contribution in [2.24, 2.45) is 5.41 Å². The number of anilines is 1. The number of carboxylic acids is 1. The fourth-order valence-corrected chi connectivity index (χ4v) is 4.29. The lowest BCUT2D eigenvalue weighted by Crippen LogP contribution is -2.44. The Morgan fingerprint density at radius 1 is 1.14 bits per heavy atom. The minimum Gasteiger partial charge on any atom is -0.480 e. The predicted molar refractivity (Wildman–Crippen MR) is 149 cm³/mol. The van der Waals surface area contributed by atoms with Crippen molar-refractivity contribution in [2.75, 3.05) is 38.1 Å². The van der Waals surface area contributed by atoms with Gasteiger partial charge in [0.25, 0.3) is 0 Å². The second-order valence-corrected chi connectivity index (χ2v) is 12.4. The van der Waals surface area contributed by atoms with Crippen molar-refractivity contribution in [2.45, 2.75) is 105 Å². The number of carboxylic acid groups (broad SMARTS) is 1. The van der Waals surface area contributed by atoms with Crippen molar-refractivity contribution < 1.29 is 19.4 Å². The zero-order valence-electron chi connectivity index (χ0n) is 24.0. The summed E-state index contributed by atoms with van der Waals surface area (Å²) in [5.74, 6) is -0.145. The number of aliphatic carboxylic acids is 1. The van der Waals surface area contributed by atoms with Crippen molar-refractivity contribution >= 4 is 17.7 Å². The van der Waals surface area contributed by atoms with E-state index < -0.39 is 12.0 Å². The minimum atomic E-state index is -0.984. The van der Waals surface area contributed by atoms with Crippen LogP contribution < -0.4 is 10.6 Å². The Balaban J connectivity index is 1.86. The molecule has 1 aliphatic heterocycles. The fourth-order valence-electron chi connectivity index (χ4n) is 4.29. The summed E-state index contributed by atoms with van der Waals surface area (Å²) in [6, 6.07) is 3.45. The highest BCUT2D eigenvalue weighted by atomic mass is 16.5. The Bertz CT molecular complexity index is 860. The standard InChI is InChI=1S/C29H50N4O4/c1-28(2,3)16-14-25(34)32-24(27(35)36)15-19-33(20-21-37-29(4,5)6)18-8-7-11-23-13-12-22-10-9-17-30-26(22)31-23/h12-13,24H,7-11,14-21H2,1-6H3,(H,30,31)(H,32,34)(H,35,36). The maximum Gasteiger partial charge on any atom is 0.326 e. The van der Waals surface area contributed by atoms with Gasteiger partial charge >= 0.3 is 5.97 Å². The maximum atomic E-state index is 12.3. The monoisotopic (exact) mass is 518 g/mol. The number of nitrogens with one attached hydrogen (secondary N) is 2. The van der Waals surface area contributed by atoms with E-state index in [0.717, 1.165) is 69.7 Å². The van der Waals surface area contributed by atoms with Crippen molar-refractivity contribution in [3.8, 4) is 0 Å². The summed E-state index contributed by atoms with van der Waals surface area (Å²) < 4.78 is 5.93. The van der Waals surface area contributed by atoms with Gasteiger partial charge in [0.2, 0.25) is 5.91 Å². The van der Waals surface area contributed by atoms with Gasteiger partial charge in [-0.3, -0.25) is 4.79 Å². The molecule has 0 spiro atoms. The molecular weight excluding hydrogens is 468 g/mol. The SMILES string of the molecule is CC(C)(C)CCC(=O)NC(CCN(CCCCc1ccc2c(n1)NCCC2)CCOC(C)(C)C)C(=O)O. The van der Waals surface area contributed by atoms with Gasteiger partial charge in [-0.05, 0) is 89.3 Å². The molecule has 3 N–H and O–H groups in total. The molecule has 8 nitrogen and oxygen atoms in total. The van der Waals surface area contributed by atoms with Crippen LogP contribution in [-0.4, -0.2) is 71.3 Å². The van der Waals surface area contributed by atoms with Crippen molar-refractivity contribution in [3.63, 3.8) is 0 Å². The number of rotatable bonds is 15. The molecule has 1 aromatic rings. The van der Waals surface area contributed by atoms with Crippen molar-refractivity contribution in [3.05, 3.63) is 23.4 Å². The first-order valence-corrected chi connectivity index (χ1v) is 13.9. The van der Waals surface area contributed by atoms with Gasteiger partial charge in [0, 0.05) is 31.7 Å². The summed E-state index contributed by atoms with van der Waals surface area (Å²) in [6.45, 7) is 16.1. The number of carbonyl (C=O) groups is 2. The van der Waals surface area contributed by atoms with Gasteiger partial charge in [0.05, 0.1) is 12.2 Å². The summed E-state index contributed by atoms with van der Waals surface area (Å²) in [7, 11) is 0. The van der Waals surface area contributed by atoms with E-state index in [2.05, 4.69) is 48.4 Å². The van der Waals surface area contributed by atoms with Crippen LogP contribution in [0.5, 0.6) is 0 Å². The van der Waals surface area contributed by atoms with Crippen LogP contribution in [0.1, 0.15) is 91.3 Å². The lowest BCUT2D eigenvalue weighted by Gasteiger charge is -2.27. The Hall–Kier alpha value is -2.19. The molecule has 0 bridgehead atoms. The first-order valence-electron chi connectivity index (χ1n) is 13.9. The second-order valence-electron chi connectivity index (χ2n) is 12.4. The first-order chi connectivity index (χ1) is 17.3. The van der Waals surface area contributed by atoms with Gasteiger partial charge < -0.3 is 25.4 Å². The van der Waals surface area contributed by atoms with Crippen LogP contribution in [0.25, 0.3) is 0 Å². The molecule has 210 valence electrons. The van der Waals surface area contributed by atoms with E-state index in [1.165, 1.54) is 5.56 Å². The van der Waals surface area contributed by atoms with Crippen LogP contribution in [0.2, 0.25) is 0 Å². The molecule has 0 radical (unpaired) electrons. The number of hydrogen-bond acceptors (Lipinski definition) is 6. The van der Waals surface area contributed by atoms with E-state index >= 15 is 0 Å². The van der Waals surface area contributed by atoms with E-state index in [0.29, 0.717) is 26.0 Å². The van der Waals surface area contributed by atoms with Crippen LogP contribution in [0.3, 0.4) is 0 Å². The number of fused-ring (bicyclic) bond motifs is 1. The van der Waals surface area contributed by atoms with Gasteiger partial charge in [-0.2, -0.15) is 0 Å². The molecule has 0 fully saturated rings. The summed E-state index contributed by atoms with van der Waals surface area (Å²) in [5, 5.41) is 15.8. The van der Waals surface area contributed by atoms with E-state index in [-0.39, 0.29) is 16.9 Å². The smallest absolute Gasteiger partial charge is 0.326 e. The molecule has 37 heavy (non-hydrogen) atoms. The molecular formula is C29H50N4O4. The van der Waals surface area contributed by atoms with Crippen LogP contribution >= 0.6 is 0 Å². The number of unbranched alkanes of at least 4 members (excludes halogenated alkanes) is 1. The average Bonchev–Trinajstić information content (AvgIpc) is 2.81. The third kappa shape index (κ3) is 13.3. The summed E-state index contributed by atoms with van der Waals surface area (Å²) in [6.07, 6.45) is 6.58. The molecule has 0 saturated carbocycles. The number of hydrogen-bond donors (Lipinski definition) is 3. The van der Waals surface area contributed by atoms with Crippen LogP contribution in [0, 0.1) is 5.41 Å². The summed E-state index contributed by atoms with van der Waals surface area (Å²) in [5.41, 5.74) is 2.23. The quantitative estimate of drug-likeness (QED) is 0.290. The first kappa shape index (κ1) is 31.0. The van der Waals surface area contributed by atoms with E-state index in [1.807, 2.05) is 20.8 Å². The molecule has 0 aliphatic carbocycles. The van der Waals surface area contributed by atoms with E-state index in [9.17, 15) is 14.7 Å². The topological polar surface area (TPSA) is 104 Å². The molecule has 8 heteroatoms. The molecule has 1 atom stereocenters. The Kier molecular flexibility index (Phi) is 12.3. The lowest BCUT2D eigenvalue weighted by molar-refractivity contribution is -0.142.